The van der Waals surface area contributed by atoms with Crippen LogP contribution in [0.4, 0.5) is 5.82 Å². The lowest BCUT2D eigenvalue weighted by atomic mass is 9.96. The zero-order chi connectivity index (χ0) is 29.8. The number of imidazole rings is 1. The molecule has 224 valence electrons. The Kier molecular flexibility index (Phi) is 9.84. The second kappa shape index (κ2) is 12.8. The van der Waals surface area contributed by atoms with E-state index in [9.17, 15) is 24.7 Å². The van der Waals surface area contributed by atoms with E-state index < -0.39 is 43.8 Å². The lowest BCUT2D eigenvalue weighted by Gasteiger charge is -2.27. The molecule has 16 heteroatoms. The van der Waals surface area contributed by atoms with E-state index >= 15 is 0 Å². The van der Waals surface area contributed by atoms with E-state index in [1.807, 2.05) is 30.3 Å². The molecule has 1 aliphatic rings. The van der Waals surface area contributed by atoms with Gasteiger partial charge in [-0.1, -0.05) is 42.1 Å². The summed E-state index contributed by atoms with van der Waals surface area (Å²) in [7, 11) is -3.99. The topological polar surface area (TPSA) is 204 Å². The number of benzene rings is 1. The van der Waals surface area contributed by atoms with Gasteiger partial charge in [-0.2, -0.15) is 0 Å². The van der Waals surface area contributed by atoms with Crippen LogP contribution in [0.15, 0.2) is 43.0 Å². The van der Waals surface area contributed by atoms with Crippen molar-refractivity contribution in [2.75, 3.05) is 31.3 Å². The largest absolute Gasteiger partial charge is 0.405 e. The van der Waals surface area contributed by atoms with Crippen LogP contribution in [0.1, 0.15) is 32.6 Å². The van der Waals surface area contributed by atoms with Crippen molar-refractivity contribution in [3.63, 3.8) is 0 Å². The van der Waals surface area contributed by atoms with E-state index in [0.29, 0.717) is 11.2 Å². The number of aliphatic hydroxyl groups excluding tert-OH is 2. The van der Waals surface area contributed by atoms with Gasteiger partial charge in [-0.3, -0.25) is 18.4 Å². The number of anilines is 1. The quantitative estimate of drug-likeness (QED) is 0.138. The molecule has 0 amide bonds. The standard InChI is InChI=1S/C25H35N6O8PS/c1-24(2,13-32)23(34)41-10-9-37-40(36,30-11-16-7-5-4-6-8-16)38-12-17-19(33)25(3,35)22(39-17)31-15-29-18-20(26)27-14-28-21(18)31/h4-8,14-15,17,19,22,32-33,35H,9-13H2,1-3H3,(H,30,36)(H2,26,27,28)/t17-,19?,22-,25?,40?/m1/s1. The summed E-state index contributed by atoms with van der Waals surface area (Å²) in [5.74, 6) is 0.315. The monoisotopic (exact) mass is 610 g/mol. The fourth-order valence-electron chi connectivity index (χ4n) is 4.06. The minimum atomic E-state index is -3.99. The molecule has 1 saturated heterocycles. The first kappa shape index (κ1) is 31.5. The number of nitrogens with one attached hydrogen (secondary N) is 1. The summed E-state index contributed by atoms with van der Waals surface area (Å²) in [4.78, 5) is 24.6. The van der Waals surface area contributed by atoms with Crippen molar-refractivity contribution in [1.82, 2.24) is 24.6 Å². The lowest BCUT2D eigenvalue weighted by molar-refractivity contribution is -0.119. The Balaban J connectivity index is 1.44. The molecule has 6 N–H and O–H groups in total. The van der Waals surface area contributed by atoms with E-state index in [1.54, 1.807) is 13.8 Å². The number of thioether (sulfide) groups is 1. The molecule has 41 heavy (non-hydrogen) atoms. The highest BCUT2D eigenvalue weighted by Crippen LogP contribution is 2.47. The van der Waals surface area contributed by atoms with E-state index in [4.69, 9.17) is 19.5 Å². The van der Waals surface area contributed by atoms with E-state index in [1.165, 1.54) is 24.1 Å². The molecule has 0 radical (unpaired) electrons. The third-order valence-corrected chi connectivity index (χ3v) is 9.39. The van der Waals surface area contributed by atoms with Crippen LogP contribution in [0.5, 0.6) is 0 Å². The molecule has 3 heterocycles. The van der Waals surface area contributed by atoms with Gasteiger partial charge in [-0.15, -0.1) is 0 Å². The van der Waals surface area contributed by atoms with E-state index in [-0.39, 0.29) is 36.4 Å². The summed E-state index contributed by atoms with van der Waals surface area (Å²) >= 11 is 0.953. The van der Waals surface area contributed by atoms with Crippen LogP contribution in [0.3, 0.4) is 0 Å². The Hall–Kier alpha value is -2.46. The van der Waals surface area contributed by atoms with Gasteiger partial charge in [-0.05, 0) is 26.3 Å². The van der Waals surface area contributed by atoms with Gasteiger partial charge in [0.2, 0.25) is 0 Å². The summed E-state index contributed by atoms with van der Waals surface area (Å²) in [5.41, 5.74) is 4.57. The number of nitrogens with two attached hydrogens (primary N) is 1. The summed E-state index contributed by atoms with van der Waals surface area (Å²) < 4.78 is 32.4. The lowest BCUT2D eigenvalue weighted by Crippen LogP contribution is -2.44. The van der Waals surface area contributed by atoms with Gasteiger partial charge in [0.1, 0.15) is 29.7 Å². The molecule has 1 aliphatic heterocycles. The number of aliphatic hydroxyl groups is 3. The molecular formula is C25H35N6O8PS. The molecule has 0 saturated carbocycles. The van der Waals surface area contributed by atoms with Crippen molar-refractivity contribution in [1.29, 1.82) is 0 Å². The Morgan fingerprint density at radius 1 is 1.27 bits per heavy atom. The zero-order valence-electron chi connectivity index (χ0n) is 22.9. The van der Waals surface area contributed by atoms with Crippen LogP contribution in [0, 0.1) is 5.41 Å². The number of hydrogen-bond acceptors (Lipinski definition) is 13. The number of rotatable bonds is 13. The van der Waals surface area contributed by atoms with Gasteiger partial charge in [-0.25, -0.2) is 24.6 Å². The summed E-state index contributed by atoms with van der Waals surface area (Å²) in [6, 6.07) is 9.18. The predicted octanol–water partition coefficient (Wildman–Crippen LogP) is 1.63. The molecule has 0 bridgehead atoms. The van der Waals surface area contributed by atoms with Crippen molar-refractivity contribution >= 4 is 41.6 Å². The maximum Gasteiger partial charge on any atom is 0.405 e. The van der Waals surface area contributed by atoms with Crippen LogP contribution in [-0.2, 0) is 29.7 Å². The number of nitrogen functional groups attached to an aromatic ring is 1. The number of aromatic nitrogens is 4. The molecule has 14 nitrogen and oxygen atoms in total. The average molecular weight is 611 g/mol. The molecule has 2 aromatic heterocycles. The summed E-state index contributed by atoms with van der Waals surface area (Å²) in [6.45, 7) is 3.99. The van der Waals surface area contributed by atoms with Crippen molar-refractivity contribution < 1.29 is 38.5 Å². The minimum Gasteiger partial charge on any atom is -0.395 e. The van der Waals surface area contributed by atoms with Gasteiger partial charge in [0.05, 0.1) is 31.6 Å². The molecule has 0 aliphatic carbocycles. The van der Waals surface area contributed by atoms with Crippen LogP contribution < -0.4 is 10.8 Å². The van der Waals surface area contributed by atoms with Gasteiger partial charge in [0, 0.05) is 12.3 Å². The Bertz CT molecular complexity index is 1390. The molecule has 5 atom stereocenters. The van der Waals surface area contributed by atoms with Gasteiger partial charge < -0.3 is 25.8 Å². The maximum atomic E-state index is 13.7. The Labute approximate surface area is 241 Å². The molecule has 4 rings (SSSR count). The smallest absolute Gasteiger partial charge is 0.395 e. The molecule has 0 spiro atoms. The SMILES string of the molecule is CC(C)(CO)C(=O)SCCOP(=O)(NCc1ccccc1)OC[C@H]1O[C@@H](n2cnc3c(N)ncnc32)C(C)(O)C1O. The van der Waals surface area contributed by atoms with Crippen molar-refractivity contribution in [2.45, 2.75) is 51.4 Å². The highest BCUT2D eigenvalue weighted by molar-refractivity contribution is 8.13. The average Bonchev–Trinajstić information content (AvgIpc) is 3.48. The maximum absolute atomic E-state index is 13.7. The predicted molar refractivity (Wildman–Crippen MR) is 151 cm³/mol. The van der Waals surface area contributed by atoms with E-state index in [2.05, 4.69) is 20.0 Å². The molecule has 1 fully saturated rings. The van der Waals surface area contributed by atoms with Crippen LogP contribution in [0.2, 0.25) is 0 Å². The minimum absolute atomic E-state index is 0.104. The Morgan fingerprint density at radius 2 is 2.00 bits per heavy atom. The number of hydrogen-bond donors (Lipinski definition) is 5. The van der Waals surface area contributed by atoms with Gasteiger partial charge in [0.15, 0.2) is 22.8 Å². The van der Waals surface area contributed by atoms with E-state index in [0.717, 1.165) is 17.3 Å². The highest BCUT2D eigenvalue weighted by atomic mass is 32.2. The third kappa shape index (κ3) is 7.13. The third-order valence-electron chi connectivity index (χ3n) is 6.65. The van der Waals surface area contributed by atoms with Gasteiger partial charge in [0.25, 0.3) is 0 Å². The normalized spacial score (nSPS) is 24.5. The van der Waals surface area contributed by atoms with Crippen molar-refractivity contribution in [3.8, 4) is 0 Å². The number of carbonyl (C=O) groups excluding carboxylic acids is 1. The first-order valence-corrected chi connectivity index (χ1v) is 15.4. The van der Waals surface area contributed by atoms with Crippen LogP contribution in [-0.4, -0.2) is 83.3 Å². The number of ether oxygens (including phenoxy) is 1. The molecular weight excluding hydrogens is 575 g/mol. The van der Waals surface area contributed by atoms with Crippen molar-refractivity contribution in [3.05, 3.63) is 48.5 Å². The number of carbonyl (C=O) groups is 1. The van der Waals surface area contributed by atoms with Crippen LogP contribution in [0.25, 0.3) is 11.2 Å². The second-order valence-electron chi connectivity index (χ2n) is 10.4. The number of fused-ring (bicyclic) bond motifs is 1. The number of nitrogens with zero attached hydrogens (tertiary/aromatic N) is 4. The first-order chi connectivity index (χ1) is 19.4. The first-order valence-electron chi connectivity index (χ1n) is 12.8. The van der Waals surface area contributed by atoms with Crippen LogP contribution >= 0.6 is 19.5 Å². The Morgan fingerprint density at radius 3 is 2.71 bits per heavy atom. The zero-order valence-corrected chi connectivity index (χ0v) is 24.6. The molecule has 1 aromatic carbocycles. The second-order valence-corrected chi connectivity index (χ2v) is 13.3. The molecule has 3 aromatic rings. The van der Waals surface area contributed by atoms with Crippen molar-refractivity contribution in [2.24, 2.45) is 5.41 Å². The summed E-state index contributed by atoms with van der Waals surface area (Å²) in [5, 5.41) is 34.1. The fraction of sp³-hybridized carbons (Fsp3) is 0.520. The van der Waals surface area contributed by atoms with Gasteiger partial charge >= 0.3 is 7.75 Å². The fourth-order valence-corrected chi connectivity index (χ4v) is 6.29. The highest BCUT2D eigenvalue weighted by Gasteiger charge is 2.54. The molecule has 3 unspecified atom stereocenters. The summed E-state index contributed by atoms with van der Waals surface area (Å²) in [6.07, 6.45) is -1.06.